The third-order valence-corrected chi connectivity index (χ3v) is 6.90. The molecule has 0 unspecified atom stereocenters. The molecule has 0 saturated carbocycles. The lowest BCUT2D eigenvalue weighted by Gasteiger charge is -2.39. The monoisotopic (exact) mass is 570 g/mol. The molecule has 12 nitrogen and oxygen atoms in total. The van der Waals surface area contributed by atoms with Crippen molar-refractivity contribution >= 4 is 5.91 Å². The molecule has 4 aromatic rings. The molecule has 2 aromatic heterocycles. The van der Waals surface area contributed by atoms with Crippen LogP contribution in [-0.4, -0.2) is 67.2 Å². The van der Waals surface area contributed by atoms with Crippen molar-refractivity contribution in [1.29, 1.82) is 0 Å². The number of hydrogen-bond acceptors (Lipinski definition) is 8. The van der Waals surface area contributed by atoms with E-state index in [-0.39, 0.29) is 29.9 Å². The quantitative estimate of drug-likeness (QED) is 0.305. The predicted molar refractivity (Wildman–Crippen MR) is 139 cm³/mol. The van der Waals surface area contributed by atoms with Crippen LogP contribution in [0.15, 0.2) is 64.2 Å². The van der Waals surface area contributed by atoms with E-state index in [0.29, 0.717) is 35.5 Å². The van der Waals surface area contributed by atoms with Crippen LogP contribution in [0.25, 0.3) is 5.69 Å². The Morgan fingerprint density at radius 2 is 1.90 bits per heavy atom. The number of ether oxygens (including phenoxy) is 1. The van der Waals surface area contributed by atoms with Gasteiger partial charge in [0.1, 0.15) is 11.4 Å². The number of aromatic nitrogens is 6. The number of benzene rings is 2. The number of rotatable bonds is 7. The van der Waals surface area contributed by atoms with E-state index in [1.54, 1.807) is 11.0 Å². The summed E-state index contributed by atoms with van der Waals surface area (Å²) in [6.07, 6.45) is -4.22. The van der Waals surface area contributed by atoms with Gasteiger partial charge in [-0.2, -0.15) is 17.9 Å². The van der Waals surface area contributed by atoms with Crippen molar-refractivity contribution in [3.63, 3.8) is 0 Å². The molecule has 2 atom stereocenters. The summed E-state index contributed by atoms with van der Waals surface area (Å²) in [7, 11) is 1.46. The second-order valence-electron chi connectivity index (χ2n) is 9.45. The summed E-state index contributed by atoms with van der Waals surface area (Å²) in [5.41, 5.74) is 0.128. The summed E-state index contributed by atoms with van der Waals surface area (Å²) in [6.45, 7) is 0.876. The van der Waals surface area contributed by atoms with E-state index in [2.05, 4.69) is 25.8 Å². The van der Waals surface area contributed by atoms with E-state index in [4.69, 9.17) is 4.74 Å². The molecule has 214 valence electrons. The number of carbonyl (C=O) groups is 1. The van der Waals surface area contributed by atoms with Gasteiger partial charge in [0.25, 0.3) is 17.3 Å². The van der Waals surface area contributed by atoms with Crippen molar-refractivity contribution in [3.8, 4) is 11.4 Å². The second kappa shape index (κ2) is 11.4. The first-order valence-corrected chi connectivity index (χ1v) is 12.6. The van der Waals surface area contributed by atoms with Crippen LogP contribution < -0.4 is 21.3 Å². The minimum Gasteiger partial charge on any atom is -0.496 e. The number of methoxy groups -OCH3 is 1. The number of hydrogen-bond donors (Lipinski definition) is 3. The summed E-state index contributed by atoms with van der Waals surface area (Å²) in [5, 5.41) is 13.3. The lowest BCUT2D eigenvalue weighted by molar-refractivity contribution is -0.146. The van der Waals surface area contributed by atoms with E-state index in [9.17, 15) is 27.6 Å². The van der Waals surface area contributed by atoms with Gasteiger partial charge >= 0.3 is 11.9 Å². The van der Waals surface area contributed by atoms with E-state index in [1.807, 2.05) is 35.3 Å². The fourth-order valence-electron chi connectivity index (χ4n) is 4.99. The van der Waals surface area contributed by atoms with Gasteiger partial charge in [0, 0.05) is 43.2 Å². The number of alkyl halides is 3. The van der Waals surface area contributed by atoms with Crippen molar-refractivity contribution < 1.29 is 22.7 Å². The number of H-pyrrole nitrogens is 2. The number of tetrazole rings is 1. The van der Waals surface area contributed by atoms with Gasteiger partial charge in [0.15, 0.2) is 0 Å². The van der Waals surface area contributed by atoms with Crippen LogP contribution in [0.1, 0.15) is 39.8 Å². The Hall–Kier alpha value is -4.79. The SMILES string of the molecule is COc1ccc(-n2nnnc2C(F)(F)F)cc1CN[C@H]1CCN(C(=O)c2cc(=O)[nH]c(=O)[nH]2)C[C@H]1c1ccccc1. The van der Waals surface area contributed by atoms with Gasteiger partial charge in [0.05, 0.1) is 12.8 Å². The zero-order valence-corrected chi connectivity index (χ0v) is 21.7. The van der Waals surface area contributed by atoms with Gasteiger partial charge in [-0.25, -0.2) is 4.79 Å². The smallest absolute Gasteiger partial charge is 0.453 e. The lowest BCUT2D eigenvalue weighted by atomic mass is 9.85. The van der Waals surface area contributed by atoms with Crippen LogP contribution in [0.2, 0.25) is 0 Å². The Morgan fingerprint density at radius 3 is 2.61 bits per heavy atom. The standard InChI is InChI=1S/C26H25F3N8O4/c1-41-21-8-7-17(37-24(26(27,28)29)33-34-35-37)11-16(21)13-30-19-9-10-36(14-18(19)15-5-3-2-4-6-15)23(39)20-12-22(38)32-25(40)31-20/h2-8,11-12,18-19,30H,9-10,13-14H2,1H3,(H2,31,32,38,40)/t18-,19-/m0/s1. The summed E-state index contributed by atoms with van der Waals surface area (Å²) in [6, 6.07) is 15.0. The molecule has 5 rings (SSSR count). The number of likely N-dealkylation sites (tertiary alicyclic amines) is 1. The van der Waals surface area contributed by atoms with Crippen LogP contribution in [-0.2, 0) is 12.7 Å². The molecule has 1 fully saturated rings. The number of aromatic amines is 2. The highest BCUT2D eigenvalue weighted by atomic mass is 19.4. The van der Waals surface area contributed by atoms with E-state index in [1.165, 1.54) is 19.2 Å². The maximum absolute atomic E-state index is 13.4. The zero-order valence-electron chi connectivity index (χ0n) is 21.7. The van der Waals surface area contributed by atoms with Gasteiger partial charge in [-0.05, 0) is 40.6 Å². The maximum Gasteiger partial charge on any atom is 0.453 e. The number of carbonyl (C=O) groups excluding carboxylic acids is 1. The average molecular weight is 571 g/mol. The summed E-state index contributed by atoms with van der Waals surface area (Å²) < 4.78 is 46.2. The molecule has 2 aromatic carbocycles. The number of nitrogens with zero attached hydrogens (tertiary/aromatic N) is 5. The van der Waals surface area contributed by atoms with Gasteiger partial charge in [-0.1, -0.05) is 30.3 Å². The van der Waals surface area contributed by atoms with Crippen molar-refractivity contribution in [1.82, 2.24) is 40.4 Å². The first-order chi connectivity index (χ1) is 19.6. The first kappa shape index (κ1) is 27.8. The van der Waals surface area contributed by atoms with E-state index in [0.717, 1.165) is 11.6 Å². The predicted octanol–water partition coefficient (Wildman–Crippen LogP) is 1.85. The molecule has 15 heteroatoms. The number of nitrogens with one attached hydrogen (secondary N) is 3. The summed E-state index contributed by atoms with van der Waals surface area (Å²) >= 11 is 0. The Labute approximate surface area is 230 Å². The number of halogens is 3. The second-order valence-corrected chi connectivity index (χ2v) is 9.45. The highest BCUT2D eigenvalue weighted by molar-refractivity contribution is 5.92. The van der Waals surface area contributed by atoms with Crippen LogP contribution in [0.5, 0.6) is 5.75 Å². The molecule has 1 aliphatic rings. The topological polar surface area (TPSA) is 151 Å². The summed E-state index contributed by atoms with van der Waals surface area (Å²) in [5.74, 6) is -1.42. The van der Waals surface area contributed by atoms with Crippen molar-refractivity contribution in [2.75, 3.05) is 20.2 Å². The molecule has 1 amide bonds. The van der Waals surface area contributed by atoms with Gasteiger partial charge in [-0.15, -0.1) is 5.10 Å². The summed E-state index contributed by atoms with van der Waals surface area (Å²) in [4.78, 5) is 42.6. The normalized spacial score (nSPS) is 17.4. The molecule has 1 aliphatic heterocycles. The van der Waals surface area contributed by atoms with Crippen LogP contribution in [0.3, 0.4) is 0 Å². The van der Waals surface area contributed by atoms with Crippen LogP contribution in [0.4, 0.5) is 13.2 Å². The van der Waals surface area contributed by atoms with Crippen LogP contribution >= 0.6 is 0 Å². The molecule has 41 heavy (non-hydrogen) atoms. The average Bonchev–Trinajstić information content (AvgIpc) is 3.47. The van der Waals surface area contributed by atoms with Crippen molar-refractivity contribution in [2.24, 2.45) is 0 Å². The van der Waals surface area contributed by atoms with Crippen molar-refractivity contribution in [2.45, 2.75) is 31.1 Å². The van der Waals surface area contributed by atoms with Crippen molar-refractivity contribution in [3.05, 3.63) is 98.1 Å². The van der Waals surface area contributed by atoms with Gasteiger partial charge in [0.2, 0.25) is 0 Å². The van der Waals surface area contributed by atoms with Crippen LogP contribution in [0, 0.1) is 0 Å². The highest BCUT2D eigenvalue weighted by Gasteiger charge is 2.38. The Bertz CT molecular complexity index is 1620. The van der Waals surface area contributed by atoms with E-state index < -0.39 is 29.2 Å². The van der Waals surface area contributed by atoms with Gasteiger partial charge in [-0.3, -0.25) is 14.6 Å². The minimum atomic E-state index is -4.74. The minimum absolute atomic E-state index is 0.0978. The molecular formula is C26H25F3N8O4. The Morgan fingerprint density at radius 1 is 1.12 bits per heavy atom. The zero-order chi connectivity index (χ0) is 29.1. The highest BCUT2D eigenvalue weighted by Crippen LogP contribution is 2.31. The molecule has 3 heterocycles. The fraction of sp³-hybridized carbons (Fsp3) is 0.308. The van der Waals surface area contributed by atoms with E-state index >= 15 is 0 Å². The molecule has 0 radical (unpaired) electrons. The Balaban J connectivity index is 1.39. The third kappa shape index (κ3) is 6.04. The molecule has 0 aliphatic carbocycles. The molecule has 0 spiro atoms. The maximum atomic E-state index is 13.4. The number of amides is 1. The lowest BCUT2D eigenvalue weighted by Crippen LogP contribution is -2.50. The van der Waals surface area contributed by atoms with Gasteiger partial charge < -0.3 is 19.9 Å². The fourth-order valence-corrected chi connectivity index (χ4v) is 4.99. The largest absolute Gasteiger partial charge is 0.496 e. The molecule has 3 N–H and O–H groups in total. The molecular weight excluding hydrogens is 545 g/mol. The molecule has 1 saturated heterocycles. The molecule has 0 bridgehead atoms. The first-order valence-electron chi connectivity index (χ1n) is 12.6. The third-order valence-electron chi connectivity index (χ3n) is 6.90. The Kier molecular flexibility index (Phi) is 7.70. The number of piperidine rings is 1.